The van der Waals surface area contributed by atoms with Gasteiger partial charge in [0, 0.05) is 37.2 Å². The Morgan fingerprint density at radius 1 is 1.16 bits per heavy atom. The number of carbonyl (C=O) groups is 1. The lowest BCUT2D eigenvalue weighted by Gasteiger charge is -2.22. The van der Waals surface area contributed by atoms with Crippen LogP contribution >= 0.6 is 0 Å². The number of aromatic nitrogens is 1. The van der Waals surface area contributed by atoms with Crippen LogP contribution in [0.25, 0.3) is 0 Å². The van der Waals surface area contributed by atoms with Gasteiger partial charge < -0.3 is 21.2 Å². The van der Waals surface area contributed by atoms with Crippen LogP contribution in [0.4, 0.5) is 11.4 Å². The van der Waals surface area contributed by atoms with Crippen molar-refractivity contribution in [2.75, 3.05) is 17.2 Å². The van der Waals surface area contributed by atoms with Gasteiger partial charge in [0.05, 0.1) is 12.3 Å². The lowest BCUT2D eigenvalue weighted by atomic mass is 10.0. The van der Waals surface area contributed by atoms with Crippen molar-refractivity contribution in [2.45, 2.75) is 32.9 Å². The van der Waals surface area contributed by atoms with Crippen LogP contribution in [0.15, 0.2) is 72.1 Å². The van der Waals surface area contributed by atoms with Gasteiger partial charge in [-0.25, -0.2) is 0 Å². The van der Waals surface area contributed by atoms with Gasteiger partial charge in [0.2, 0.25) is 0 Å². The van der Waals surface area contributed by atoms with Crippen molar-refractivity contribution in [1.82, 2.24) is 4.98 Å². The number of esters is 1. The van der Waals surface area contributed by atoms with Crippen LogP contribution in [-0.4, -0.2) is 23.8 Å². The summed E-state index contributed by atoms with van der Waals surface area (Å²) in [7, 11) is 0. The van der Waals surface area contributed by atoms with E-state index in [4.69, 9.17) is 10.6 Å². The van der Waals surface area contributed by atoms with Crippen molar-refractivity contribution in [3.8, 4) is 0 Å². The Bertz CT molecular complexity index is 1040. The number of hydrogen-bond acceptors (Lipinski definition) is 7. The zero-order chi connectivity index (χ0) is 22.8. The van der Waals surface area contributed by atoms with E-state index in [1.54, 1.807) is 12.4 Å². The fraction of sp³-hybridized carbons (Fsp3) is 0.240. The molecule has 7 heteroatoms. The molecule has 7 nitrogen and oxygen atoms in total. The van der Waals surface area contributed by atoms with E-state index in [1.807, 2.05) is 42.6 Å². The van der Waals surface area contributed by atoms with Gasteiger partial charge >= 0.3 is 5.97 Å². The second-order valence-corrected chi connectivity index (χ2v) is 7.43. The molecule has 0 fully saturated rings. The Morgan fingerprint density at radius 2 is 1.97 bits per heavy atom. The van der Waals surface area contributed by atoms with Gasteiger partial charge in [-0.05, 0) is 59.0 Å². The number of nitrogens with zero attached hydrogens (tertiary/aromatic N) is 2. The van der Waals surface area contributed by atoms with E-state index >= 15 is 0 Å². The highest BCUT2D eigenvalue weighted by Crippen LogP contribution is 2.26. The van der Waals surface area contributed by atoms with Gasteiger partial charge in [-0.15, -0.1) is 0 Å². The second kappa shape index (κ2) is 11.5. The minimum absolute atomic E-state index is 0.210. The first-order valence-electron chi connectivity index (χ1n) is 10.6. The van der Waals surface area contributed by atoms with E-state index in [1.165, 1.54) is 12.5 Å². The van der Waals surface area contributed by atoms with E-state index in [2.05, 4.69) is 45.8 Å². The predicted octanol–water partition coefficient (Wildman–Crippen LogP) is 4.27. The first kappa shape index (κ1) is 22.8. The molecular formula is C25H29N5O2. The molecule has 32 heavy (non-hydrogen) atoms. The topological polar surface area (TPSA) is 102 Å². The molecule has 0 amide bonds. The number of pyridine rings is 1. The van der Waals surface area contributed by atoms with Gasteiger partial charge in [0.15, 0.2) is 0 Å². The monoisotopic (exact) mass is 431 g/mol. The molecule has 3 aromatic rings. The van der Waals surface area contributed by atoms with Crippen molar-refractivity contribution in [3.63, 3.8) is 0 Å². The van der Waals surface area contributed by atoms with Crippen LogP contribution in [0.1, 0.15) is 42.1 Å². The van der Waals surface area contributed by atoms with Crippen molar-refractivity contribution in [1.29, 1.82) is 0 Å². The van der Waals surface area contributed by atoms with E-state index in [0.29, 0.717) is 6.54 Å². The first-order valence-corrected chi connectivity index (χ1v) is 10.6. The number of nitrogens with one attached hydrogen (secondary N) is 2. The van der Waals surface area contributed by atoms with Crippen LogP contribution < -0.4 is 16.5 Å². The fourth-order valence-electron chi connectivity index (χ4n) is 3.31. The second-order valence-electron chi connectivity index (χ2n) is 7.43. The molecule has 0 aliphatic carbocycles. The molecule has 0 spiro atoms. The summed E-state index contributed by atoms with van der Waals surface area (Å²) in [5.74, 6) is 4.91. The van der Waals surface area contributed by atoms with Gasteiger partial charge in [-0.3, -0.25) is 9.78 Å². The highest BCUT2D eigenvalue weighted by molar-refractivity contribution is 5.80. The Hall–Kier alpha value is -3.87. The van der Waals surface area contributed by atoms with Crippen molar-refractivity contribution in [3.05, 3.63) is 89.2 Å². The molecule has 0 aliphatic heterocycles. The number of hydrazone groups is 1. The molecular weight excluding hydrogens is 402 g/mol. The van der Waals surface area contributed by atoms with Gasteiger partial charge in [-0.1, -0.05) is 31.2 Å². The summed E-state index contributed by atoms with van der Waals surface area (Å²) < 4.78 is 5.37. The smallest absolute Gasteiger partial charge is 0.302 e. The number of nitrogens with two attached hydrogens (primary N) is 1. The number of rotatable bonds is 10. The normalized spacial score (nSPS) is 11.8. The third-order valence-electron chi connectivity index (χ3n) is 4.97. The largest absolute Gasteiger partial charge is 0.463 e. The molecule has 0 aliphatic rings. The van der Waals surface area contributed by atoms with E-state index in [9.17, 15) is 4.79 Å². The van der Waals surface area contributed by atoms with E-state index in [-0.39, 0.29) is 18.6 Å². The molecule has 1 unspecified atom stereocenters. The lowest BCUT2D eigenvalue weighted by Crippen LogP contribution is -2.19. The molecule has 1 heterocycles. The molecule has 0 bridgehead atoms. The summed E-state index contributed by atoms with van der Waals surface area (Å²) in [6, 6.07) is 17.9. The third-order valence-corrected chi connectivity index (χ3v) is 4.97. The summed E-state index contributed by atoms with van der Waals surface area (Å²) in [5, 5.41) is 10.5. The van der Waals surface area contributed by atoms with E-state index < -0.39 is 0 Å². The summed E-state index contributed by atoms with van der Waals surface area (Å²) in [4.78, 5) is 15.7. The lowest BCUT2D eigenvalue weighted by molar-refractivity contribution is -0.141. The maximum absolute atomic E-state index is 11.5. The number of anilines is 2. The molecule has 4 N–H and O–H groups in total. The Morgan fingerprint density at radius 3 is 2.62 bits per heavy atom. The predicted molar refractivity (Wildman–Crippen MR) is 129 cm³/mol. The van der Waals surface area contributed by atoms with Gasteiger partial charge in [0.1, 0.15) is 6.61 Å². The number of benzene rings is 2. The van der Waals surface area contributed by atoms with Crippen LogP contribution in [0.5, 0.6) is 0 Å². The summed E-state index contributed by atoms with van der Waals surface area (Å²) in [6.45, 7) is 4.43. The Labute approximate surface area is 188 Å². The average Bonchev–Trinajstić information content (AvgIpc) is 2.82. The van der Waals surface area contributed by atoms with Crippen LogP contribution in [0, 0.1) is 0 Å². The molecule has 166 valence electrons. The highest BCUT2D eigenvalue weighted by atomic mass is 16.5. The molecule has 3 rings (SSSR count). The zero-order valence-corrected chi connectivity index (χ0v) is 18.4. The molecule has 0 radical (unpaired) electrons. The van der Waals surface area contributed by atoms with E-state index in [0.717, 1.165) is 34.5 Å². The Kier molecular flexibility index (Phi) is 8.20. The van der Waals surface area contributed by atoms with Crippen LogP contribution in [-0.2, 0) is 22.5 Å². The number of ether oxygens (including phenoxy) is 1. The van der Waals surface area contributed by atoms with Gasteiger partial charge in [0.25, 0.3) is 0 Å². The highest BCUT2D eigenvalue weighted by Gasteiger charge is 2.15. The number of aryl methyl sites for hydroxylation is 1. The summed E-state index contributed by atoms with van der Waals surface area (Å²) in [6.07, 6.45) is 6.09. The van der Waals surface area contributed by atoms with Crippen molar-refractivity contribution >= 4 is 23.6 Å². The molecule has 1 aromatic heterocycles. The maximum atomic E-state index is 11.5. The molecule has 2 aromatic carbocycles. The number of hydrogen-bond donors (Lipinski definition) is 3. The van der Waals surface area contributed by atoms with Crippen LogP contribution in [0.2, 0.25) is 0 Å². The minimum Gasteiger partial charge on any atom is -0.463 e. The Balaban J connectivity index is 1.83. The first-order chi connectivity index (χ1) is 15.6. The third kappa shape index (κ3) is 6.84. The van der Waals surface area contributed by atoms with Crippen molar-refractivity contribution < 1.29 is 9.53 Å². The average molecular weight is 432 g/mol. The summed E-state index contributed by atoms with van der Waals surface area (Å²) in [5.41, 5.74) is 6.15. The SMILES string of the molecule is CCc1cc(NCc2cccnc2)cc(C(COC(C)=O)Nc2ccc(C=NN)cc2)c1. The standard InChI is InChI=1S/C25H29N5O2/c1-3-19-11-22(13-24(12-19)28-15-21-5-4-10-27-14-21)25(17-32-18(2)31)30-23-8-6-20(7-9-23)16-29-26/h4-14,16,25,28,30H,3,15,17,26H2,1-2H3. The zero-order valence-electron chi connectivity index (χ0n) is 18.4. The summed E-state index contributed by atoms with van der Waals surface area (Å²) >= 11 is 0. The fourth-order valence-corrected chi connectivity index (χ4v) is 3.31. The van der Waals surface area contributed by atoms with Crippen molar-refractivity contribution in [2.24, 2.45) is 10.9 Å². The minimum atomic E-state index is -0.312. The molecule has 0 saturated heterocycles. The van der Waals surface area contributed by atoms with Gasteiger partial charge in [-0.2, -0.15) is 5.10 Å². The molecule has 0 saturated carbocycles. The molecule has 1 atom stereocenters. The maximum Gasteiger partial charge on any atom is 0.302 e. The van der Waals surface area contributed by atoms with Crippen LogP contribution in [0.3, 0.4) is 0 Å². The quantitative estimate of drug-likeness (QED) is 0.192. The number of carbonyl (C=O) groups excluding carboxylic acids is 1.